The Morgan fingerprint density at radius 2 is 0.625 bits per heavy atom. The summed E-state index contributed by atoms with van der Waals surface area (Å²) in [5.41, 5.74) is 2.43. The fraction of sp³-hybridized carbons (Fsp3) is 0.0690. The standard InChI is InChI=1S/C29H28N6O5/c1-39-25-17-9-7-15-23(25)34-28(37)32-21-13-5-3-11-19(21)30-27(36)31-20-12-4-6-14-22(20)33-29(38)35-24-16-8-10-18-26(24)40-2/h3-18H,1-2H3,(H2,30,31,36)(H2,32,34,37)(H2,33,35,38). The summed E-state index contributed by atoms with van der Waals surface area (Å²) >= 11 is 0. The fourth-order valence-corrected chi connectivity index (χ4v) is 3.73. The molecule has 0 aliphatic heterocycles. The predicted molar refractivity (Wildman–Crippen MR) is 157 cm³/mol. The first kappa shape index (κ1) is 27.3. The Labute approximate surface area is 230 Å². The fourth-order valence-electron chi connectivity index (χ4n) is 3.73. The van der Waals surface area contributed by atoms with Gasteiger partial charge in [-0.2, -0.15) is 0 Å². The highest BCUT2D eigenvalue weighted by Crippen LogP contribution is 2.27. The Bertz CT molecular complexity index is 1400. The van der Waals surface area contributed by atoms with Crippen molar-refractivity contribution in [3.63, 3.8) is 0 Å². The maximum absolute atomic E-state index is 12.9. The van der Waals surface area contributed by atoms with Gasteiger partial charge in [-0.25, -0.2) is 14.4 Å². The summed E-state index contributed by atoms with van der Waals surface area (Å²) in [4.78, 5) is 38.2. The molecule has 0 aliphatic carbocycles. The van der Waals surface area contributed by atoms with E-state index in [4.69, 9.17) is 9.47 Å². The van der Waals surface area contributed by atoms with Crippen LogP contribution in [0.15, 0.2) is 97.1 Å². The summed E-state index contributed by atoms with van der Waals surface area (Å²) in [6, 6.07) is 25.8. The lowest BCUT2D eigenvalue weighted by molar-refractivity contribution is 0.261. The highest BCUT2D eigenvalue weighted by molar-refractivity contribution is 6.09. The Morgan fingerprint density at radius 1 is 0.400 bits per heavy atom. The van der Waals surface area contributed by atoms with Gasteiger partial charge in [0.05, 0.1) is 48.3 Å². The van der Waals surface area contributed by atoms with Gasteiger partial charge in [0.25, 0.3) is 0 Å². The van der Waals surface area contributed by atoms with Crippen LogP contribution in [0.4, 0.5) is 48.5 Å². The van der Waals surface area contributed by atoms with E-state index in [9.17, 15) is 14.4 Å². The van der Waals surface area contributed by atoms with Gasteiger partial charge < -0.3 is 41.4 Å². The molecule has 0 heterocycles. The van der Waals surface area contributed by atoms with Gasteiger partial charge in [-0.15, -0.1) is 0 Å². The summed E-state index contributed by atoms with van der Waals surface area (Å²) < 4.78 is 10.5. The molecule has 4 aromatic rings. The number of anilines is 6. The average Bonchev–Trinajstić information content (AvgIpc) is 2.95. The van der Waals surface area contributed by atoms with Gasteiger partial charge in [0.2, 0.25) is 0 Å². The number of amides is 6. The molecule has 0 spiro atoms. The Morgan fingerprint density at radius 3 is 0.900 bits per heavy atom. The molecule has 6 N–H and O–H groups in total. The maximum Gasteiger partial charge on any atom is 0.323 e. The van der Waals surface area contributed by atoms with Gasteiger partial charge in [0, 0.05) is 0 Å². The molecule has 0 unspecified atom stereocenters. The summed E-state index contributed by atoms with van der Waals surface area (Å²) in [6.07, 6.45) is 0. The summed E-state index contributed by atoms with van der Waals surface area (Å²) in [7, 11) is 3.02. The van der Waals surface area contributed by atoms with Crippen LogP contribution in [-0.2, 0) is 0 Å². The number of rotatable bonds is 8. The highest BCUT2D eigenvalue weighted by atomic mass is 16.5. The van der Waals surface area contributed by atoms with E-state index < -0.39 is 18.1 Å². The van der Waals surface area contributed by atoms with Gasteiger partial charge >= 0.3 is 18.1 Å². The number of ether oxygens (including phenoxy) is 2. The Hall–Kier alpha value is -5.71. The van der Waals surface area contributed by atoms with Crippen LogP contribution < -0.4 is 41.4 Å². The second kappa shape index (κ2) is 13.2. The van der Waals surface area contributed by atoms with Crippen molar-refractivity contribution >= 4 is 52.2 Å². The van der Waals surface area contributed by atoms with Crippen molar-refractivity contribution in [3.05, 3.63) is 97.1 Å². The second-order valence-corrected chi connectivity index (χ2v) is 8.23. The lowest BCUT2D eigenvalue weighted by Gasteiger charge is -2.16. The van der Waals surface area contributed by atoms with Crippen LogP contribution >= 0.6 is 0 Å². The van der Waals surface area contributed by atoms with Crippen molar-refractivity contribution in [3.8, 4) is 11.5 Å². The monoisotopic (exact) mass is 540 g/mol. The molecule has 4 aromatic carbocycles. The zero-order chi connectivity index (χ0) is 28.3. The Kier molecular flexibility index (Phi) is 9.01. The maximum atomic E-state index is 12.9. The van der Waals surface area contributed by atoms with E-state index in [2.05, 4.69) is 31.9 Å². The summed E-state index contributed by atoms with van der Waals surface area (Å²) in [5, 5.41) is 16.3. The van der Waals surface area contributed by atoms with Crippen molar-refractivity contribution in [1.82, 2.24) is 0 Å². The van der Waals surface area contributed by atoms with E-state index in [0.29, 0.717) is 45.6 Å². The van der Waals surface area contributed by atoms with Gasteiger partial charge in [0.15, 0.2) is 0 Å². The molecule has 0 atom stereocenters. The van der Waals surface area contributed by atoms with Crippen LogP contribution in [0.5, 0.6) is 11.5 Å². The lowest BCUT2D eigenvalue weighted by Crippen LogP contribution is -2.24. The van der Waals surface area contributed by atoms with E-state index >= 15 is 0 Å². The molecule has 11 nitrogen and oxygen atoms in total. The van der Waals surface area contributed by atoms with Crippen LogP contribution in [0.2, 0.25) is 0 Å². The molecule has 4 rings (SSSR count). The third-order valence-electron chi connectivity index (χ3n) is 5.56. The number of carbonyl (C=O) groups excluding carboxylic acids is 3. The number of urea groups is 3. The minimum Gasteiger partial charge on any atom is -0.495 e. The van der Waals surface area contributed by atoms with Crippen molar-refractivity contribution in [2.45, 2.75) is 0 Å². The van der Waals surface area contributed by atoms with Crippen molar-refractivity contribution in [1.29, 1.82) is 0 Å². The van der Waals surface area contributed by atoms with Crippen LogP contribution in [-0.4, -0.2) is 32.3 Å². The molecular weight excluding hydrogens is 512 g/mol. The number of para-hydroxylation sites is 8. The van der Waals surface area contributed by atoms with E-state index in [0.717, 1.165) is 0 Å². The number of nitrogens with one attached hydrogen (secondary N) is 6. The molecule has 11 heteroatoms. The number of hydrogen-bond acceptors (Lipinski definition) is 5. The normalized spacial score (nSPS) is 10.1. The third-order valence-corrected chi connectivity index (χ3v) is 5.56. The molecule has 0 radical (unpaired) electrons. The predicted octanol–water partition coefficient (Wildman–Crippen LogP) is 6.64. The summed E-state index contributed by atoms with van der Waals surface area (Å²) in [5.74, 6) is 1.01. The first-order chi connectivity index (χ1) is 19.5. The Balaban J connectivity index is 1.40. The van der Waals surface area contributed by atoms with Gasteiger partial charge in [-0.3, -0.25) is 0 Å². The zero-order valence-corrected chi connectivity index (χ0v) is 21.8. The third kappa shape index (κ3) is 7.19. The van der Waals surface area contributed by atoms with Crippen LogP contribution in [0.1, 0.15) is 0 Å². The van der Waals surface area contributed by atoms with Gasteiger partial charge in [0.1, 0.15) is 11.5 Å². The highest BCUT2D eigenvalue weighted by Gasteiger charge is 2.14. The first-order valence-electron chi connectivity index (χ1n) is 12.1. The molecular formula is C29H28N6O5. The van der Waals surface area contributed by atoms with Crippen molar-refractivity contribution in [2.24, 2.45) is 0 Å². The van der Waals surface area contributed by atoms with Gasteiger partial charge in [-0.05, 0) is 48.5 Å². The summed E-state index contributed by atoms with van der Waals surface area (Å²) in [6.45, 7) is 0. The molecule has 0 saturated carbocycles. The number of carbonyl (C=O) groups is 3. The quantitative estimate of drug-likeness (QED) is 0.149. The molecule has 40 heavy (non-hydrogen) atoms. The van der Waals surface area contributed by atoms with E-state index in [1.54, 1.807) is 97.1 Å². The number of methoxy groups -OCH3 is 2. The van der Waals surface area contributed by atoms with Crippen molar-refractivity contribution in [2.75, 3.05) is 46.1 Å². The molecule has 0 aromatic heterocycles. The largest absolute Gasteiger partial charge is 0.495 e. The zero-order valence-electron chi connectivity index (χ0n) is 21.8. The minimum atomic E-state index is -0.584. The topological polar surface area (TPSA) is 142 Å². The van der Waals surface area contributed by atoms with E-state index in [-0.39, 0.29) is 0 Å². The first-order valence-corrected chi connectivity index (χ1v) is 12.1. The SMILES string of the molecule is COc1ccccc1NC(=O)Nc1ccccc1NC(=O)Nc1ccccc1NC(=O)Nc1ccccc1OC. The van der Waals surface area contributed by atoms with E-state index in [1.165, 1.54) is 14.2 Å². The van der Waals surface area contributed by atoms with Crippen molar-refractivity contribution < 1.29 is 23.9 Å². The molecule has 0 bridgehead atoms. The van der Waals surface area contributed by atoms with Crippen LogP contribution in [0.3, 0.4) is 0 Å². The second-order valence-electron chi connectivity index (χ2n) is 8.23. The van der Waals surface area contributed by atoms with Gasteiger partial charge in [-0.1, -0.05) is 48.5 Å². The molecule has 204 valence electrons. The smallest absolute Gasteiger partial charge is 0.323 e. The lowest BCUT2D eigenvalue weighted by atomic mass is 10.2. The molecule has 0 aliphatic rings. The number of hydrogen-bond donors (Lipinski definition) is 6. The number of benzene rings is 4. The minimum absolute atomic E-state index is 0.356. The van der Waals surface area contributed by atoms with Crippen LogP contribution in [0.25, 0.3) is 0 Å². The molecule has 0 saturated heterocycles. The van der Waals surface area contributed by atoms with Crippen LogP contribution in [0, 0.1) is 0 Å². The van der Waals surface area contributed by atoms with E-state index in [1.807, 2.05) is 0 Å². The molecule has 0 fully saturated rings. The molecule has 6 amide bonds. The average molecular weight is 541 g/mol.